The van der Waals surface area contributed by atoms with Crippen LogP contribution in [0.25, 0.3) is 0 Å². The van der Waals surface area contributed by atoms with Gasteiger partial charge >= 0.3 is 0 Å². The van der Waals surface area contributed by atoms with Crippen LogP contribution in [0.15, 0.2) is 22.7 Å². The number of hydrogen-bond acceptors (Lipinski definition) is 1. The number of alkyl halides is 1. The minimum absolute atomic E-state index is 0.0393. The van der Waals surface area contributed by atoms with E-state index in [2.05, 4.69) is 49.7 Å². The largest absolute Gasteiger partial charge is 0.494 e. The predicted molar refractivity (Wildman–Crippen MR) is 91.8 cm³/mol. The molecular formula is C17H26BrClO. The summed E-state index contributed by atoms with van der Waals surface area (Å²) in [6.07, 6.45) is 2.18. The summed E-state index contributed by atoms with van der Waals surface area (Å²) < 4.78 is 6.53. The van der Waals surface area contributed by atoms with Gasteiger partial charge in [0, 0.05) is 4.47 Å². The summed E-state index contributed by atoms with van der Waals surface area (Å²) in [6.45, 7) is 11.8. The highest BCUT2D eigenvalue weighted by molar-refractivity contribution is 9.10. The van der Waals surface area contributed by atoms with Crippen LogP contribution >= 0.6 is 27.5 Å². The van der Waals surface area contributed by atoms with Gasteiger partial charge in [0.1, 0.15) is 5.75 Å². The molecule has 2 atom stereocenters. The van der Waals surface area contributed by atoms with Gasteiger partial charge in [-0.25, -0.2) is 0 Å². The monoisotopic (exact) mass is 360 g/mol. The van der Waals surface area contributed by atoms with Crippen molar-refractivity contribution in [2.45, 2.75) is 52.8 Å². The molecule has 0 heterocycles. The number of hydrogen-bond donors (Lipinski definition) is 0. The van der Waals surface area contributed by atoms with E-state index >= 15 is 0 Å². The third-order valence-corrected chi connectivity index (χ3v) is 4.29. The molecular weight excluding hydrogens is 336 g/mol. The maximum atomic E-state index is 6.59. The lowest BCUT2D eigenvalue weighted by atomic mass is 9.83. The zero-order chi connectivity index (χ0) is 15.3. The lowest BCUT2D eigenvalue weighted by Crippen LogP contribution is -2.12. The molecule has 0 fully saturated rings. The zero-order valence-corrected chi connectivity index (χ0v) is 15.5. The molecule has 0 aromatic heterocycles. The first-order valence-corrected chi connectivity index (χ1v) is 8.52. The Kier molecular flexibility index (Phi) is 6.87. The second-order valence-electron chi connectivity index (χ2n) is 6.69. The summed E-state index contributed by atoms with van der Waals surface area (Å²) in [6, 6.07) is 6.06. The van der Waals surface area contributed by atoms with Crippen LogP contribution in [0.3, 0.4) is 0 Å². The molecule has 0 radical (unpaired) electrons. The molecule has 20 heavy (non-hydrogen) atoms. The molecule has 0 saturated heterocycles. The van der Waals surface area contributed by atoms with Crippen LogP contribution in [0.4, 0.5) is 0 Å². The van der Waals surface area contributed by atoms with Gasteiger partial charge in [-0.2, -0.15) is 0 Å². The van der Waals surface area contributed by atoms with Crippen LogP contribution < -0.4 is 4.74 Å². The Balaban J connectivity index is 2.70. The van der Waals surface area contributed by atoms with Crippen molar-refractivity contribution in [2.24, 2.45) is 11.3 Å². The van der Waals surface area contributed by atoms with Gasteiger partial charge in [0.15, 0.2) is 0 Å². The molecule has 1 aromatic rings. The first-order chi connectivity index (χ1) is 9.23. The van der Waals surface area contributed by atoms with Crippen molar-refractivity contribution in [3.05, 3.63) is 28.2 Å². The number of halogens is 2. The number of rotatable bonds is 6. The van der Waals surface area contributed by atoms with Gasteiger partial charge in [-0.1, -0.05) is 49.7 Å². The second-order valence-corrected chi connectivity index (χ2v) is 8.07. The molecule has 0 N–H and O–H groups in total. The fourth-order valence-electron chi connectivity index (χ4n) is 2.63. The summed E-state index contributed by atoms with van der Waals surface area (Å²) in [5, 5.41) is 0.0393. The molecule has 3 heteroatoms. The number of ether oxygens (including phenoxy) is 1. The average molecular weight is 362 g/mol. The van der Waals surface area contributed by atoms with Gasteiger partial charge in [-0.15, -0.1) is 11.6 Å². The molecule has 0 amide bonds. The van der Waals surface area contributed by atoms with E-state index < -0.39 is 0 Å². The smallest absolute Gasteiger partial charge is 0.120 e. The first-order valence-electron chi connectivity index (χ1n) is 7.29. The molecule has 2 unspecified atom stereocenters. The van der Waals surface area contributed by atoms with Crippen molar-refractivity contribution in [2.75, 3.05) is 6.61 Å². The van der Waals surface area contributed by atoms with Crippen LogP contribution in [0.2, 0.25) is 0 Å². The molecule has 114 valence electrons. The van der Waals surface area contributed by atoms with E-state index in [4.69, 9.17) is 16.3 Å². The average Bonchev–Trinajstić information content (AvgIpc) is 2.26. The van der Waals surface area contributed by atoms with Gasteiger partial charge in [0.25, 0.3) is 0 Å². The molecule has 0 aliphatic heterocycles. The molecule has 0 aliphatic carbocycles. The molecule has 1 rings (SSSR count). The van der Waals surface area contributed by atoms with Gasteiger partial charge in [0.05, 0.1) is 12.0 Å². The minimum Gasteiger partial charge on any atom is -0.494 e. The van der Waals surface area contributed by atoms with E-state index in [0.717, 1.165) is 22.2 Å². The summed E-state index contributed by atoms with van der Waals surface area (Å²) in [5.74, 6) is 1.49. The lowest BCUT2D eigenvalue weighted by Gasteiger charge is -2.25. The normalized spacial score (nSPS) is 14.9. The third-order valence-electron chi connectivity index (χ3n) is 3.19. The van der Waals surface area contributed by atoms with Gasteiger partial charge in [-0.05, 0) is 48.8 Å². The Bertz CT molecular complexity index is 425. The first kappa shape index (κ1) is 17.8. The van der Waals surface area contributed by atoms with Crippen molar-refractivity contribution in [1.82, 2.24) is 0 Å². The second kappa shape index (κ2) is 7.70. The van der Waals surface area contributed by atoms with Crippen molar-refractivity contribution in [3.8, 4) is 5.75 Å². The molecule has 1 nitrogen and oxygen atoms in total. The van der Waals surface area contributed by atoms with Crippen LogP contribution in [-0.2, 0) is 0 Å². The summed E-state index contributed by atoms with van der Waals surface area (Å²) >= 11 is 10.2. The molecule has 1 aromatic carbocycles. The Morgan fingerprint density at radius 3 is 2.45 bits per heavy atom. The quantitative estimate of drug-likeness (QED) is 0.519. The van der Waals surface area contributed by atoms with Crippen LogP contribution in [-0.4, -0.2) is 6.61 Å². The molecule has 0 saturated carbocycles. The fraction of sp³-hybridized carbons (Fsp3) is 0.647. The van der Waals surface area contributed by atoms with Crippen LogP contribution in [0.1, 0.15) is 58.4 Å². The highest BCUT2D eigenvalue weighted by Gasteiger charge is 2.20. The Hall–Kier alpha value is -0.210. The highest BCUT2D eigenvalue weighted by Crippen LogP contribution is 2.37. The van der Waals surface area contributed by atoms with Gasteiger partial charge < -0.3 is 4.74 Å². The van der Waals surface area contributed by atoms with Crippen molar-refractivity contribution < 1.29 is 4.74 Å². The van der Waals surface area contributed by atoms with E-state index in [-0.39, 0.29) is 5.38 Å². The highest BCUT2D eigenvalue weighted by atomic mass is 79.9. The molecule has 0 bridgehead atoms. The zero-order valence-electron chi connectivity index (χ0n) is 13.2. The van der Waals surface area contributed by atoms with E-state index in [9.17, 15) is 0 Å². The molecule has 0 aliphatic rings. The van der Waals surface area contributed by atoms with Crippen molar-refractivity contribution in [3.63, 3.8) is 0 Å². The lowest BCUT2D eigenvalue weighted by molar-refractivity contribution is 0.295. The summed E-state index contributed by atoms with van der Waals surface area (Å²) in [5.41, 5.74) is 1.50. The van der Waals surface area contributed by atoms with E-state index in [0.29, 0.717) is 17.9 Å². The van der Waals surface area contributed by atoms with Crippen LogP contribution in [0, 0.1) is 11.3 Å². The maximum Gasteiger partial charge on any atom is 0.120 e. The predicted octanol–water partition coefficient (Wildman–Crippen LogP) is 6.59. The fourth-order valence-corrected chi connectivity index (χ4v) is 3.89. The third kappa shape index (κ3) is 6.05. The Labute approximate surface area is 137 Å². The number of benzene rings is 1. The Morgan fingerprint density at radius 1 is 1.30 bits per heavy atom. The van der Waals surface area contributed by atoms with Crippen molar-refractivity contribution in [1.29, 1.82) is 0 Å². The van der Waals surface area contributed by atoms with Crippen LogP contribution in [0.5, 0.6) is 5.75 Å². The van der Waals surface area contributed by atoms with Gasteiger partial charge in [-0.3, -0.25) is 0 Å². The van der Waals surface area contributed by atoms with Gasteiger partial charge in [0.2, 0.25) is 0 Å². The summed E-state index contributed by atoms with van der Waals surface area (Å²) in [4.78, 5) is 0. The molecule has 0 spiro atoms. The topological polar surface area (TPSA) is 9.23 Å². The van der Waals surface area contributed by atoms with E-state index in [1.807, 2.05) is 19.1 Å². The van der Waals surface area contributed by atoms with E-state index in [1.54, 1.807) is 0 Å². The maximum absolute atomic E-state index is 6.59. The SMILES string of the molecule is CCOc1ccc(C(Cl)CC(C)CC(C)(C)C)c(Br)c1. The summed E-state index contributed by atoms with van der Waals surface area (Å²) in [7, 11) is 0. The Morgan fingerprint density at radius 2 is 1.95 bits per heavy atom. The van der Waals surface area contributed by atoms with Crippen molar-refractivity contribution >= 4 is 27.5 Å². The van der Waals surface area contributed by atoms with E-state index in [1.165, 1.54) is 6.42 Å². The standard InChI is InChI=1S/C17H26BrClO/c1-6-20-13-7-8-14(15(18)10-13)16(19)9-12(2)11-17(3,4)5/h7-8,10,12,16H,6,9,11H2,1-5H3. The minimum atomic E-state index is 0.0393.